The molecule has 4 heteroatoms. The second-order valence-electron chi connectivity index (χ2n) is 4.98. The Balaban J connectivity index is 2.13. The van der Waals surface area contributed by atoms with Crippen LogP contribution < -0.4 is 10.6 Å². The van der Waals surface area contributed by atoms with Gasteiger partial charge in [-0.15, -0.1) is 0 Å². The van der Waals surface area contributed by atoms with Gasteiger partial charge in [0, 0.05) is 15.8 Å². The maximum absolute atomic E-state index is 12.4. The Hall–Kier alpha value is -0.620. The van der Waals surface area contributed by atoms with E-state index in [0.717, 1.165) is 31.6 Å². The number of hydrogen-bond donors (Lipinski definition) is 2. The highest BCUT2D eigenvalue weighted by Gasteiger charge is 2.39. The van der Waals surface area contributed by atoms with Crippen molar-refractivity contribution >= 4 is 34.2 Å². The maximum atomic E-state index is 12.4. The summed E-state index contributed by atoms with van der Waals surface area (Å²) in [7, 11) is 0. The molecule has 3 nitrogen and oxygen atoms in total. The van der Waals surface area contributed by atoms with E-state index in [4.69, 9.17) is 0 Å². The van der Waals surface area contributed by atoms with Crippen molar-refractivity contribution in [3.05, 3.63) is 27.3 Å². The summed E-state index contributed by atoms with van der Waals surface area (Å²) < 4.78 is 1.18. The van der Waals surface area contributed by atoms with E-state index in [1.807, 2.05) is 18.2 Å². The molecule has 1 fully saturated rings. The van der Waals surface area contributed by atoms with Gasteiger partial charge in [-0.2, -0.15) is 0 Å². The Morgan fingerprint density at radius 3 is 2.89 bits per heavy atom. The molecule has 18 heavy (non-hydrogen) atoms. The summed E-state index contributed by atoms with van der Waals surface area (Å²) in [6.45, 7) is 5.89. The van der Waals surface area contributed by atoms with E-state index >= 15 is 0 Å². The van der Waals surface area contributed by atoms with Crippen LogP contribution in [0.4, 0.5) is 5.69 Å². The standard InChI is InChI=1S/C14H19IN2O/c1-3-14(6-7-16-9-14)13(18)17-11-5-4-10(2)12(15)8-11/h4-5,8,16H,3,6-7,9H2,1-2H3,(H,17,18). The van der Waals surface area contributed by atoms with E-state index in [1.165, 1.54) is 9.13 Å². The van der Waals surface area contributed by atoms with E-state index in [-0.39, 0.29) is 11.3 Å². The lowest BCUT2D eigenvalue weighted by Gasteiger charge is -2.25. The fourth-order valence-electron chi connectivity index (χ4n) is 2.33. The van der Waals surface area contributed by atoms with E-state index in [9.17, 15) is 4.79 Å². The summed E-state index contributed by atoms with van der Waals surface area (Å²) in [5.41, 5.74) is 1.91. The molecule has 2 rings (SSSR count). The number of carbonyl (C=O) groups is 1. The van der Waals surface area contributed by atoms with Crippen LogP contribution in [0.3, 0.4) is 0 Å². The van der Waals surface area contributed by atoms with Gasteiger partial charge in [0.05, 0.1) is 5.41 Å². The predicted molar refractivity (Wildman–Crippen MR) is 82.7 cm³/mol. The lowest BCUT2D eigenvalue weighted by atomic mass is 9.83. The minimum atomic E-state index is -0.226. The van der Waals surface area contributed by atoms with E-state index in [2.05, 4.69) is 47.1 Å². The quantitative estimate of drug-likeness (QED) is 0.816. The first-order valence-electron chi connectivity index (χ1n) is 6.36. The molecule has 1 saturated heterocycles. The molecule has 0 aromatic heterocycles. The zero-order valence-electron chi connectivity index (χ0n) is 10.8. The summed E-state index contributed by atoms with van der Waals surface area (Å²) in [5.74, 6) is 0.148. The Labute approximate surface area is 122 Å². The third-order valence-electron chi connectivity index (χ3n) is 3.83. The lowest BCUT2D eigenvalue weighted by Crippen LogP contribution is -2.37. The molecule has 1 aliphatic rings. The molecule has 0 aliphatic carbocycles. The molecular weight excluding hydrogens is 339 g/mol. The largest absolute Gasteiger partial charge is 0.326 e. The first-order chi connectivity index (χ1) is 8.57. The smallest absolute Gasteiger partial charge is 0.231 e. The lowest BCUT2D eigenvalue weighted by molar-refractivity contribution is -0.124. The number of aryl methyl sites for hydroxylation is 1. The minimum Gasteiger partial charge on any atom is -0.326 e. The van der Waals surface area contributed by atoms with Crippen molar-refractivity contribution in [2.24, 2.45) is 5.41 Å². The second-order valence-corrected chi connectivity index (χ2v) is 6.14. The van der Waals surface area contributed by atoms with Crippen molar-refractivity contribution in [2.45, 2.75) is 26.7 Å². The van der Waals surface area contributed by atoms with Gasteiger partial charge in [-0.3, -0.25) is 4.79 Å². The summed E-state index contributed by atoms with van der Waals surface area (Å²) in [4.78, 5) is 12.4. The summed E-state index contributed by atoms with van der Waals surface area (Å²) in [6.07, 6.45) is 1.81. The Kier molecular flexibility index (Phi) is 4.27. The molecule has 1 aromatic carbocycles. The van der Waals surface area contributed by atoms with E-state index < -0.39 is 0 Å². The first-order valence-corrected chi connectivity index (χ1v) is 7.43. The van der Waals surface area contributed by atoms with Crippen LogP contribution in [0.5, 0.6) is 0 Å². The fraction of sp³-hybridized carbons (Fsp3) is 0.500. The van der Waals surface area contributed by atoms with Crippen LogP contribution >= 0.6 is 22.6 Å². The number of anilines is 1. The molecule has 0 radical (unpaired) electrons. The van der Waals surface area contributed by atoms with Crippen LogP contribution in [0.2, 0.25) is 0 Å². The molecule has 2 N–H and O–H groups in total. The van der Waals surface area contributed by atoms with Crippen LogP contribution in [0.15, 0.2) is 18.2 Å². The normalized spacial score (nSPS) is 23.1. The first kappa shape index (κ1) is 13.8. The number of rotatable bonds is 3. The molecular formula is C14H19IN2O. The highest BCUT2D eigenvalue weighted by Crippen LogP contribution is 2.31. The van der Waals surface area contributed by atoms with Gasteiger partial charge < -0.3 is 10.6 Å². The number of amides is 1. The van der Waals surface area contributed by atoms with Crippen LogP contribution in [0.25, 0.3) is 0 Å². The van der Waals surface area contributed by atoms with Gasteiger partial charge in [0.25, 0.3) is 0 Å². The fourth-order valence-corrected chi connectivity index (χ4v) is 2.85. The van der Waals surface area contributed by atoms with Crippen LogP contribution in [-0.2, 0) is 4.79 Å². The highest BCUT2D eigenvalue weighted by molar-refractivity contribution is 14.1. The van der Waals surface area contributed by atoms with Crippen molar-refractivity contribution in [1.82, 2.24) is 5.32 Å². The van der Waals surface area contributed by atoms with E-state index in [1.54, 1.807) is 0 Å². The average Bonchev–Trinajstić information content (AvgIpc) is 2.84. The molecule has 1 amide bonds. The molecule has 1 heterocycles. The Morgan fingerprint density at radius 2 is 2.33 bits per heavy atom. The van der Waals surface area contributed by atoms with Gasteiger partial charge in [-0.1, -0.05) is 13.0 Å². The van der Waals surface area contributed by atoms with Crippen molar-refractivity contribution in [3.8, 4) is 0 Å². The SMILES string of the molecule is CCC1(C(=O)Nc2ccc(C)c(I)c2)CCNC1. The summed E-state index contributed by atoms with van der Waals surface area (Å²) in [5, 5.41) is 6.35. The van der Waals surface area contributed by atoms with Gasteiger partial charge in [-0.25, -0.2) is 0 Å². The zero-order chi connectivity index (χ0) is 13.2. The predicted octanol–water partition coefficient (Wildman–Crippen LogP) is 2.93. The molecule has 0 spiro atoms. The van der Waals surface area contributed by atoms with Crippen molar-refractivity contribution in [1.29, 1.82) is 0 Å². The molecule has 1 atom stereocenters. The van der Waals surface area contributed by atoms with Crippen molar-refractivity contribution < 1.29 is 4.79 Å². The molecule has 0 bridgehead atoms. The second kappa shape index (κ2) is 5.57. The number of nitrogens with one attached hydrogen (secondary N) is 2. The Bertz CT molecular complexity index is 453. The summed E-state index contributed by atoms with van der Waals surface area (Å²) >= 11 is 2.29. The van der Waals surface area contributed by atoms with Crippen molar-refractivity contribution in [2.75, 3.05) is 18.4 Å². The minimum absolute atomic E-state index is 0.148. The molecule has 1 aromatic rings. The van der Waals surface area contributed by atoms with E-state index in [0.29, 0.717) is 0 Å². The maximum Gasteiger partial charge on any atom is 0.231 e. The molecule has 1 aliphatic heterocycles. The molecule has 1 unspecified atom stereocenters. The highest BCUT2D eigenvalue weighted by atomic mass is 127. The third-order valence-corrected chi connectivity index (χ3v) is 4.99. The zero-order valence-corrected chi connectivity index (χ0v) is 13.0. The van der Waals surface area contributed by atoms with Gasteiger partial charge in [0.15, 0.2) is 0 Å². The van der Waals surface area contributed by atoms with Crippen molar-refractivity contribution in [3.63, 3.8) is 0 Å². The van der Waals surface area contributed by atoms with Crippen LogP contribution in [0.1, 0.15) is 25.3 Å². The topological polar surface area (TPSA) is 41.1 Å². The van der Waals surface area contributed by atoms with Gasteiger partial charge in [-0.05, 0) is 66.6 Å². The Morgan fingerprint density at radius 1 is 1.56 bits per heavy atom. The van der Waals surface area contributed by atoms with Crippen LogP contribution in [-0.4, -0.2) is 19.0 Å². The molecule has 0 saturated carbocycles. The number of carbonyl (C=O) groups excluding carboxylic acids is 1. The van der Waals surface area contributed by atoms with Gasteiger partial charge >= 0.3 is 0 Å². The van der Waals surface area contributed by atoms with Gasteiger partial charge in [0.1, 0.15) is 0 Å². The monoisotopic (exact) mass is 358 g/mol. The van der Waals surface area contributed by atoms with Gasteiger partial charge in [0.2, 0.25) is 5.91 Å². The average molecular weight is 358 g/mol. The number of halogens is 1. The third kappa shape index (κ3) is 2.69. The summed E-state index contributed by atoms with van der Waals surface area (Å²) in [6, 6.07) is 6.05. The number of benzene rings is 1. The number of hydrogen-bond acceptors (Lipinski definition) is 2. The van der Waals surface area contributed by atoms with Crippen LogP contribution in [0, 0.1) is 15.9 Å². The molecule has 98 valence electrons.